The highest BCUT2D eigenvalue weighted by Crippen LogP contribution is 2.10. The first kappa shape index (κ1) is 13.8. The van der Waals surface area contributed by atoms with Crippen LogP contribution in [0.15, 0.2) is 40.1 Å². The Hall–Kier alpha value is -2.65. The molecular formula is C14H12FN3O2. The second kappa shape index (κ2) is 5.99. The molecule has 102 valence electrons. The predicted molar refractivity (Wildman–Crippen MR) is 72.8 cm³/mol. The number of hydrogen-bond acceptors (Lipinski definition) is 3. The first-order valence-corrected chi connectivity index (χ1v) is 5.87. The van der Waals surface area contributed by atoms with Crippen molar-refractivity contribution in [1.82, 2.24) is 9.55 Å². The second-order valence-electron chi connectivity index (χ2n) is 4.06. The zero-order valence-electron chi connectivity index (χ0n) is 10.5. The summed E-state index contributed by atoms with van der Waals surface area (Å²) in [6, 6.07) is 5.64. The zero-order valence-corrected chi connectivity index (χ0v) is 10.5. The number of nitrogens with one attached hydrogen (secondary N) is 1. The van der Waals surface area contributed by atoms with Crippen LogP contribution < -0.4 is 17.0 Å². The molecule has 0 amide bonds. The van der Waals surface area contributed by atoms with Crippen molar-refractivity contribution in [3.63, 3.8) is 0 Å². The molecule has 6 heteroatoms. The van der Waals surface area contributed by atoms with Crippen molar-refractivity contribution in [1.29, 1.82) is 0 Å². The van der Waals surface area contributed by atoms with Gasteiger partial charge in [-0.1, -0.05) is 17.9 Å². The molecule has 1 aromatic carbocycles. The number of rotatable bonds is 2. The molecule has 20 heavy (non-hydrogen) atoms. The van der Waals surface area contributed by atoms with Gasteiger partial charge in [0, 0.05) is 12.3 Å². The molecule has 0 unspecified atom stereocenters. The number of aromatic amines is 1. The molecule has 0 spiro atoms. The van der Waals surface area contributed by atoms with Gasteiger partial charge in [0.2, 0.25) is 0 Å². The minimum Gasteiger partial charge on any atom is -0.320 e. The van der Waals surface area contributed by atoms with Gasteiger partial charge in [-0.2, -0.15) is 0 Å². The van der Waals surface area contributed by atoms with E-state index in [4.69, 9.17) is 5.73 Å². The van der Waals surface area contributed by atoms with Gasteiger partial charge in [-0.05, 0) is 17.7 Å². The van der Waals surface area contributed by atoms with Crippen molar-refractivity contribution in [3.05, 3.63) is 68.2 Å². The SMILES string of the molecule is NCC#Cc1cc(Cn2ccc(=O)[nH]c2=O)ccc1F. The minimum absolute atomic E-state index is 0.142. The number of halogens is 1. The van der Waals surface area contributed by atoms with E-state index < -0.39 is 17.1 Å². The molecule has 0 saturated carbocycles. The van der Waals surface area contributed by atoms with Crippen LogP contribution in [-0.2, 0) is 6.54 Å². The van der Waals surface area contributed by atoms with E-state index in [1.54, 1.807) is 12.1 Å². The molecule has 0 fully saturated rings. The van der Waals surface area contributed by atoms with E-state index >= 15 is 0 Å². The van der Waals surface area contributed by atoms with E-state index in [0.29, 0.717) is 5.56 Å². The van der Waals surface area contributed by atoms with Crippen molar-refractivity contribution in [3.8, 4) is 11.8 Å². The molecule has 0 aliphatic rings. The Morgan fingerprint density at radius 3 is 2.80 bits per heavy atom. The van der Waals surface area contributed by atoms with Gasteiger partial charge < -0.3 is 5.73 Å². The summed E-state index contributed by atoms with van der Waals surface area (Å²) in [7, 11) is 0. The van der Waals surface area contributed by atoms with E-state index in [1.165, 1.54) is 22.9 Å². The number of nitrogens with two attached hydrogens (primary N) is 1. The molecule has 0 saturated heterocycles. The first-order chi connectivity index (χ1) is 9.60. The quantitative estimate of drug-likeness (QED) is 0.758. The van der Waals surface area contributed by atoms with Gasteiger partial charge in [-0.3, -0.25) is 14.3 Å². The fraction of sp³-hybridized carbons (Fsp3) is 0.143. The average molecular weight is 273 g/mol. The molecular weight excluding hydrogens is 261 g/mol. The minimum atomic E-state index is -0.517. The summed E-state index contributed by atoms with van der Waals surface area (Å²) in [5.41, 5.74) is 5.19. The van der Waals surface area contributed by atoms with Crippen LogP contribution in [-0.4, -0.2) is 16.1 Å². The Bertz CT molecular complexity index is 796. The number of aromatic nitrogens is 2. The fourth-order valence-corrected chi connectivity index (χ4v) is 1.68. The van der Waals surface area contributed by atoms with Crippen LogP contribution in [0.25, 0.3) is 0 Å². The lowest BCUT2D eigenvalue weighted by atomic mass is 10.1. The van der Waals surface area contributed by atoms with Gasteiger partial charge in [0.05, 0.1) is 18.7 Å². The maximum atomic E-state index is 13.5. The van der Waals surface area contributed by atoms with Crippen LogP contribution in [0.5, 0.6) is 0 Å². The maximum absolute atomic E-state index is 13.5. The highest BCUT2D eigenvalue weighted by atomic mass is 19.1. The molecule has 0 aliphatic carbocycles. The molecule has 0 radical (unpaired) electrons. The largest absolute Gasteiger partial charge is 0.328 e. The second-order valence-corrected chi connectivity index (χ2v) is 4.06. The summed E-state index contributed by atoms with van der Waals surface area (Å²) in [5.74, 6) is 4.76. The molecule has 0 atom stereocenters. The van der Waals surface area contributed by atoms with Crippen LogP contribution in [0.3, 0.4) is 0 Å². The molecule has 1 aromatic heterocycles. The Morgan fingerprint density at radius 1 is 1.30 bits per heavy atom. The first-order valence-electron chi connectivity index (χ1n) is 5.87. The van der Waals surface area contributed by atoms with Gasteiger partial charge in [-0.25, -0.2) is 9.18 Å². The van der Waals surface area contributed by atoms with Crippen LogP contribution >= 0.6 is 0 Å². The van der Waals surface area contributed by atoms with Crippen LogP contribution in [0.2, 0.25) is 0 Å². The summed E-state index contributed by atoms with van der Waals surface area (Å²) in [6.07, 6.45) is 1.38. The van der Waals surface area contributed by atoms with Crippen LogP contribution in [0, 0.1) is 17.7 Å². The van der Waals surface area contributed by atoms with Crippen molar-refractivity contribution >= 4 is 0 Å². The smallest absolute Gasteiger partial charge is 0.320 e. The fourth-order valence-electron chi connectivity index (χ4n) is 1.68. The van der Waals surface area contributed by atoms with Gasteiger partial charge in [0.1, 0.15) is 5.82 Å². The summed E-state index contributed by atoms with van der Waals surface area (Å²) in [6.45, 7) is 0.357. The van der Waals surface area contributed by atoms with E-state index in [9.17, 15) is 14.0 Å². The Kier molecular flexibility index (Phi) is 4.13. The Balaban J connectivity index is 2.34. The van der Waals surface area contributed by atoms with Crippen LogP contribution in [0.4, 0.5) is 4.39 Å². The molecule has 2 rings (SSSR count). The summed E-state index contributed by atoms with van der Waals surface area (Å²) >= 11 is 0. The summed E-state index contributed by atoms with van der Waals surface area (Å²) < 4.78 is 14.8. The summed E-state index contributed by atoms with van der Waals surface area (Å²) in [4.78, 5) is 24.7. The predicted octanol–water partition coefficient (Wildman–Crippen LogP) is 0.0342. The Morgan fingerprint density at radius 2 is 2.10 bits per heavy atom. The topological polar surface area (TPSA) is 80.9 Å². The van der Waals surface area contributed by atoms with Crippen molar-refractivity contribution in [2.75, 3.05) is 6.54 Å². The molecule has 0 bridgehead atoms. The average Bonchev–Trinajstić information content (AvgIpc) is 2.42. The van der Waals surface area contributed by atoms with Gasteiger partial charge >= 0.3 is 5.69 Å². The Labute approximate surface area is 113 Å². The van der Waals surface area contributed by atoms with E-state index in [-0.39, 0.29) is 18.7 Å². The normalized spacial score (nSPS) is 9.90. The standard InChI is InChI=1S/C14H12FN3O2/c15-12-4-3-10(8-11(12)2-1-6-16)9-18-7-5-13(19)17-14(18)20/h3-5,7-8H,6,9,16H2,(H,17,19,20). The molecule has 0 aliphatic heterocycles. The molecule has 3 N–H and O–H groups in total. The number of H-pyrrole nitrogens is 1. The third kappa shape index (κ3) is 3.22. The maximum Gasteiger partial charge on any atom is 0.328 e. The van der Waals surface area contributed by atoms with E-state index in [0.717, 1.165) is 0 Å². The third-order valence-electron chi connectivity index (χ3n) is 2.61. The van der Waals surface area contributed by atoms with Crippen molar-refractivity contribution < 1.29 is 4.39 Å². The number of nitrogens with zero attached hydrogens (tertiary/aromatic N) is 1. The third-order valence-corrected chi connectivity index (χ3v) is 2.61. The highest BCUT2D eigenvalue weighted by molar-refractivity contribution is 5.38. The highest BCUT2D eigenvalue weighted by Gasteiger charge is 2.03. The lowest BCUT2D eigenvalue weighted by Crippen LogP contribution is -2.28. The lowest BCUT2D eigenvalue weighted by Gasteiger charge is -2.05. The molecule has 5 nitrogen and oxygen atoms in total. The van der Waals surface area contributed by atoms with Gasteiger partial charge in [0.15, 0.2) is 0 Å². The van der Waals surface area contributed by atoms with Crippen molar-refractivity contribution in [2.45, 2.75) is 6.54 Å². The zero-order chi connectivity index (χ0) is 14.5. The number of hydrogen-bond donors (Lipinski definition) is 2. The van der Waals surface area contributed by atoms with Crippen LogP contribution in [0.1, 0.15) is 11.1 Å². The molecule has 1 heterocycles. The van der Waals surface area contributed by atoms with Crippen molar-refractivity contribution in [2.24, 2.45) is 5.73 Å². The molecule has 2 aromatic rings. The van der Waals surface area contributed by atoms with Gasteiger partial charge in [-0.15, -0.1) is 0 Å². The van der Waals surface area contributed by atoms with E-state index in [1.807, 2.05) is 0 Å². The van der Waals surface area contributed by atoms with Gasteiger partial charge in [0.25, 0.3) is 5.56 Å². The monoisotopic (exact) mass is 273 g/mol. The summed E-state index contributed by atoms with van der Waals surface area (Å²) in [5, 5.41) is 0. The number of benzene rings is 1. The lowest BCUT2D eigenvalue weighted by molar-refractivity contribution is 0.622. The van der Waals surface area contributed by atoms with E-state index in [2.05, 4.69) is 16.8 Å².